The highest BCUT2D eigenvalue weighted by Gasteiger charge is 2.18. The fourth-order valence-corrected chi connectivity index (χ4v) is 2.00. The first kappa shape index (κ1) is 14.4. The maximum Gasteiger partial charge on any atom is 0.341 e. The molecule has 2 rings (SSSR count). The molecule has 106 valence electrons. The molecule has 2 aromatic rings. The number of carbonyl (C=O) groups excluding carboxylic acids is 1. The zero-order valence-electron chi connectivity index (χ0n) is 10.4. The molecule has 20 heavy (non-hydrogen) atoms. The number of pyridine rings is 1. The van der Waals surface area contributed by atoms with Crippen LogP contribution in [0.5, 0.6) is 0 Å². The number of rotatable bonds is 5. The number of alkyl halides is 2. The Hall–Kier alpha value is -1.96. The van der Waals surface area contributed by atoms with Crippen LogP contribution >= 0.6 is 11.8 Å². The minimum atomic E-state index is -2.66. The Morgan fingerprint density at radius 3 is 3.00 bits per heavy atom. The van der Waals surface area contributed by atoms with Crippen molar-refractivity contribution in [1.82, 2.24) is 10.1 Å². The van der Waals surface area contributed by atoms with Gasteiger partial charge in [-0.25, -0.2) is 9.78 Å². The zero-order chi connectivity index (χ0) is 14.5. The van der Waals surface area contributed by atoms with Crippen LogP contribution in [-0.2, 0) is 11.3 Å². The second-order valence-corrected chi connectivity index (χ2v) is 4.72. The third kappa shape index (κ3) is 3.77. The van der Waals surface area contributed by atoms with Gasteiger partial charge in [-0.2, -0.15) is 8.78 Å². The van der Waals surface area contributed by atoms with Crippen LogP contribution in [0.4, 0.5) is 8.78 Å². The highest BCUT2D eigenvalue weighted by Crippen LogP contribution is 2.26. The molecule has 0 unspecified atom stereocenters. The van der Waals surface area contributed by atoms with Gasteiger partial charge in [-0.3, -0.25) is 0 Å². The van der Waals surface area contributed by atoms with Crippen molar-refractivity contribution in [3.63, 3.8) is 0 Å². The summed E-state index contributed by atoms with van der Waals surface area (Å²) in [6, 6.07) is 4.48. The molecular weight excluding hydrogens is 290 g/mol. The smallest absolute Gasteiger partial charge is 0.341 e. The van der Waals surface area contributed by atoms with Gasteiger partial charge in [-0.05, 0) is 30.8 Å². The van der Waals surface area contributed by atoms with Crippen molar-refractivity contribution < 1.29 is 22.8 Å². The van der Waals surface area contributed by atoms with Crippen LogP contribution in [-0.4, -0.2) is 21.9 Å². The topological polar surface area (TPSA) is 65.2 Å². The number of aromatic nitrogens is 2. The fourth-order valence-electron chi connectivity index (χ4n) is 1.43. The molecule has 8 heteroatoms. The molecule has 0 aromatic carbocycles. The van der Waals surface area contributed by atoms with Crippen molar-refractivity contribution >= 4 is 17.7 Å². The van der Waals surface area contributed by atoms with E-state index in [1.54, 1.807) is 13.0 Å². The van der Waals surface area contributed by atoms with Crippen molar-refractivity contribution in [2.45, 2.75) is 24.3 Å². The first-order valence-electron chi connectivity index (χ1n) is 5.55. The Morgan fingerprint density at radius 1 is 1.55 bits per heavy atom. The first-order chi connectivity index (χ1) is 9.56. The predicted octanol–water partition coefficient (Wildman–Crippen LogP) is 3.05. The van der Waals surface area contributed by atoms with Gasteiger partial charge >= 0.3 is 5.97 Å². The van der Waals surface area contributed by atoms with Gasteiger partial charge in [0.15, 0.2) is 0 Å². The SMILES string of the molecule is Cc1cc(COC(=O)c2cccnc2SC(F)F)no1. The van der Waals surface area contributed by atoms with E-state index in [1.165, 1.54) is 18.3 Å². The third-order valence-electron chi connectivity index (χ3n) is 2.22. The number of aryl methyl sites for hydroxylation is 1. The average Bonchev–Trinajstić information content (AvgIpc) is 2.82. The Morgan fingerprint density at radius 2 is 2.35 bits per heavy atom. The van der Waals surface area contributed by atoms with Gasteiger partial charge in [0, 0.05) is 12.3 Å². The van der Waals surface area contributed by atoms with E-state index in [-0.39, 0.29) is 29.0 Å². The van der Waals surface area contributed by atoms with Crippen LogP contribution < -0.4 is 0 Å². The highest BCUT2D eigenvalue weighted by molar-refractivity contribution is 7.99. The summed E-state index contributed by atoms with van der Waals surface area (Å²) >= 11 is 0.200. The van der Waals surface area contributed by atoms with Gasteiger partial charge in [0.2, 0.25) is 0 Å². The molecule has 0 aliphatic heterocycles. The lowest BCUT2D eigenvalue weighted by Crippen LogP contribution is -2.08. The summed E-state index contributed by atoms with van der Waals surface area (Å²) in [5.41, 5.74) is 0.445. The van der Waals surface area contributed by atoms with E-state index >= 15 is 0 Å². The van der Waals surface area contributed by atoms with Gasteiger partial charge in [0.05, 0.1) is 5.56 Å². The summed E-state index contributed by atoms with van der Waals surface area (Å²) in [5.74, 6) is -2.80. The molecular formula is C12H10F2N2O3S. The second kappa shape index (κ2) is 6.47. The highest BCUT2D eigenvalue weighted by atomic mass is 32.2. The van der Waals surface area contributed by atoms with E-state index in [9.17, 15) is 13.6 Å². The van der Waals surface area contributed by atoms with Crippen LogP contribution in [0.1, 0.15) is 21.8 Å². The summed E-state index contributed by atoms with van der Waals surface area (Å²) in [6.45, 7) is 1.61. The molecule has 0 spiro atoms. The van der Waals surface area contributed by atoms with E-state index in [4.69, 9.17) is 9.26 Å². The Bertz CT molecular complexity index is 604. The quantitative estimate of drug-likeness (QED) is 0.624. The minimum Gasteiger partial charge on any atom is -0.455 e. The summed E-state index contributed by atoms with van der Waals surface area (Å²) in [7, 11) is 0. The van der Waals surface area contributed by atoms with E-state index in [0.29, 0.717) is 11.5 Å². The summed E-state index contributed by atoms with van der Waals surface area (Å²) in [6.07, 6.45) is 1.34. The van der Waals surface area contributed by atoms with E-state index < -0.39 is 11.7 Å². The molecule has 2 aromatic heterocycles. The van der Waals surface area contributed by atoms with Gasteiger partial charge in [-0.1, -0.05) is 5.16 Å². The van der Waals surface area contributed by atoms with Gasteiger partial charge < -0.3 is 9.26 Å². The average molecular weight is 300 g/mol. The molecule has 0 aliphatic rings. The van der Waals surface area contributed by atoms with Crippen molar-refractivity contribution in [3.05, 3.63) is 41.4 Å². The number of nitrogens with zero attached hydrogens (tertiary/aromatic N) is 2. The molecule has 0 amide bonds. The molecule has 0 fully saturated rings. The molecule has 0 radical (unpaired) electrons. The zero-order valence-corrected chi connectivity index (χ0v) is 11.2. The molecule has 0 aliphatic carbocycles. The molecule has 0 saturated heterocycles. The molecule has 2 heterocycles. The van der Waals surface area contributed by atoms with Gasteiger partial charge in [-0.15, -0.1) is 0 Å². The lowest BCUT2D eigenvalue weighted by atomic mass is 10.3. The number of thioether (sulfide) groups is 1. The van der Waals surface area contributed by atoms with Gasteiger partial charge in [0.1, 0.15) is 23.1 Å². The minimum absolute atomic E-state index is 0.00184. The number of hydrogen-bond donors (Lipinski definition) is 0. The van der Waals surface area contributed by atoms with Gasteiger partial charge in [0.25, 0.3) is 5.76 Å². The predicted molar refractivity (Wildman–Crippen MR) is 66.5 cm³/mol. The number of esters is 1. The maximum absolute atomic E-state index is 12.4. The number of ether oxygens (including phenoxy) is 1. The second-order valence-electron chi connectivity index (χ2n) is 3.74. The third-order valence-corrected chi connectivity index (χ3v) is 2.95. The van der Waals surface area contributed by atoms with Crippen LogP contribution in [0.3, 0.4) is 0 Å². The molecule has 5 nitrogen and oxygen atoms in total. The summed E-state index contributed by atoms with van der Waals surface area (Å²) in [5, 5.41) is 3.59. The number of halogens is 2. The number of carbonyl (C=O) groups is 1. The lowest BCUT2D eigenvalue weighted by molar-refractivity contribution is 0.0459. The van der Waals surface area contributed by atoms with Crippen LogP contribution in [0.25, 0.3) is 0 Å². The van der Waals surface area contributed by atoms with E-state index in [2.05, 4.69) is 10.1 Å². The largest absolute Gasteiger partial charge is 0.455 e. The first-order valence-corrected chi connectivity index (χ1v) is 6.43. The lowest BCUT2D eigenvalue weighted by Gasteiger charge is -2.06. The van der Waals surface area contributed by atoms with Crippen molar-refractivity contribution in [1.29, 1.82) is 0 Å². The normalized spacial score (nSPS) is 10.8. The molecule has 0 N–H and O–H groups in total. The van der Waals surface area contributed by atoms with Crippen molar-refractivity contribution in [2.24, 2.45) is 0 Å². The molecule has 0 atom stereocenters. The monoisotopic (exact) mass is 300 g/mol. The summed E-state index contributed by atoms with van der Waals surface area (Å²) < 4.78 is 34.5. The summed E-state index contributed by atoms with van der Waals surface area (Å²) in [4.78, 5) is 15.6. The maximum atomic E-state index is 12.4. The Balaban J connectivity index is 2.05. The Labute approximate surface area is 117 Å². The molecule has 0 saturated carbocycles. The van der Waals surface area contributed by atoms with E-state index in [0.717, 1.165) is 0 Å². The Kier molecular flexibility index (Phi) is 4.67. The molecule has 0 bridgehead atoms. The van der Waals surface area contributed by atoms with Crippen molar-refractivity contribution in [3.8, 4) is 0 Å². The number of hydrogen-bond acceptors (Lipinski definition) is 6. The fraction of sp³-hybridized carbons (Fsp3) is 0.250. The van der Waals surface area contributed by atoms with Crippen LogP contribution in [0.2, 0.25) is 0 Å². The van der Waals surface area contributed by atoms with E-state index in [1.807, 2.05) is 0 Å². The van der Waals surface area contributed by atoms with Crippen LogP contribution in [0, 0.1) is 6.92 Å². The standard InChI is InChI=1S/C12H10F2N2O3S/c1-7-5-8(16-19-7)6-18-11(17)9-3-2-4-15-10(9)20-12(13)14/h2-5,12H,6H2,1H3. The van der Waals surface area contributed by atoms with Crippen LogP contribution in [0.15, 0.2) is 33.9 Å². The van der Waals surface area contributed by atoms with Crippen molar-refractivity contribution in [2.75, 3.05) is 0 Å².